The smallest absolute Gasteiger partial charge is 0.187 e. The molecular weight excluding hydrogens is 486 g/mol. The number of benzene rings is 2. The van der Waals surface area contributed by atoms with Crippen LogP contribution < -0.4 is 19.5 Å². The maximum atomic E-state index is 13.4. The molecule has 0 N–H and O–H groups in total. The van der Waals surface area contributed by atoms with Crippen LogP contribution in [-0.4, -0.2) is 44.2 Å². The van der Waals surface area contributed by atoms with Gasteiger partial charge in [-0.2, -0.15) is 0 Å². The first-order valence-electron chi connectivity index (χ1n) is 13.1. The summed E-state index contributed by atoms with van der Waals surface area (Å²) in [5.41, 5.74) is 1.43. The van der Waals surface area contributed by atoms with Crippen molar-refractivity contribution in [3.63, 3.8) is 0 Å². The van der Waals surface area contributed by atoms with Crippen molar-refractivity contribution in [2.75, 3.05) is 19.8 Å². The summed E-state index contributed by atoms with van der Waals surface area (Å²) in [5, 5.41) is 1.28. The first-order chi connectivity index (χ1) is 17.0. The number of carbonyl (C=O) groups is 1. The van der Waals surface area contributed by atoms with Gasteiger partial charge < -0.3 is 14.2 Å². The van der Waals surface area contributed by atoms with Gasteiger partial charge in [0.25, 0.3) is 0 Å². The normalized spacial score (nSPS) is 10.9. The molecule has 0 heterocycles. The van der Waals surface area contributed by atoms with Gasteiger partial charge in [0, 0.05) is 36.6 Å². The summed E-state index contributed by atoms with van der Waals surface area (Å²) >= 11 is 6.42. The number of hydrogen-bond donors (Lipinski definition) is 0. The van der Waals surface area contributed by atoms with E-state index in [0.717, 1.165) is 74.4 Å². The minimum absolute atomic E-state index is 0. The molecule has 0 aromatic heterocycles. The number of rotatable bonds is 18. The Morgan fingerprint density at radius 3 is 1.78 bits per heavy atom. The van der Waals surface area contributed by atoms with Crippen molar-refractivity contribution >= 4 is 49.9 Å². The van der Waals surface area contributed by atoms with Crippen LogP contribution in [0.2, 0.25) is 5.02 Å². The Morgan fingerprint density at radius 2 is 1.31 bits per heavy atom. The third kappa shape index (κ3) is 11.1. The molecule has 2 aromatic rings. The van der Waals surface area contributed by atoms with Crippen LogP contribution in [0.25, 0.3) is 0 Å². The standard InChI is InChI=1S/C29H42ClO4P.Li/c1-5-8-11-17-32-23-20-25(33-18-12-9-6-2)28(26(21-23)34-19-13-10-7-3)35-29(31)27-22(4)15-14-16-24(27)30;/h14-16,20-21,35H,5-13,17-19H2,1-4H3;. The molecule has 1 radical (unpaired) electrons. The van der Waals surface area contributed by atoms with Crippen LogP contribution in [-0.2, 0) is 0 Å². The largest absolute Gasteiger partial charge is 0.493 e. The van der Waals surface area contributed by atoms with Crippen molar-refractivity contribution in [2.24, 2.45) is 0 Å². The first-order valence-corrected chi connectivity index (χ1v) is 14.5. The van der Waals surface area contributed by atoms with Crippen molar-refractivity contribution in [1.29, 1.82) is 0 Å². The Balaban J connectivity index is 0.00000648. The fraction of sp³-hybridized carbons (Fsp3) is 0.552. The molecule has 0 fully saturated rings. The van der Waals surface area contributed by atoms with Gasteiger partial charge in [0.1, 0.15) is 17.2 Å². The van der Waals surface area contributed by atoms with Gasteiger partial charge in [-0.25, -0.2) is 0 Å². The molecule has 1 atom stereocenters. The maximum Gasteiger partial charge on any atom is 0.187 e. The minimum atomic E-state index is -0.160. The molecule has 195 valence electrons. The molecule has 0 amide bonds. The minimum Gasteiger partial charge on any atom is -0.493 e. The molecule has 4 nitrogen and oxygen atoms in total. The van der Waals surface area contributed by atoms with E-state index in [1.54, 1.807) is 6.07 Å². The van der Waals surface area contributed by atoms with E-state index in [4.69, 9.17) is 25.8 Å². The second-order valence-corrected chi connectivity index (χ2v) is 10.5. The summed E-state index contributed by atoms with van der Waals surface area (Å²) < 4.78 is 18.5. The predicted octanol–water partition coefficient (Wildman–Crippen LogP) is 8.12. The summed E-state index contributed by atoms with van der Waals surface area (Å²) in [5.74, 6) is 2.08. The predicted molar refractivity (Wildman–Crippen MR) is 156 cm³/mol. The number of aryl methyl sites for hydroxylation is 1. The van der Waals surface area contributed by atoms with Gasteiger partial charge in [-0.3, -0.25) is 4.79 Å². The van der Waals surface area contributed by atoms with Crippen LogP contribution in [0.3, 0.4) is 0 Å². The molecule has 36 heavy (non-hydrogen) atoms. The van der Waals surface area contributed by atoms with Gasteiger partial charge in [0.2, 0.25) is 0 Å². The van der Waals surface area contributed by atoms with Gasteiger partial charge in [0.05, 0.1) is 30.1 Å². The number of hydrogen-bond acceptors (Lipinski definition) is 4. The Morgan fingerprint density at radius 1 is 0.806 bits per heavy atom. The topological polar surface area (TPSA) is 44.8 Å². The molecular formula is C29H42ClLiO4P. The van der Waals surface area contributed by atoms with E-state index in [0.29, 0.717) is 41.9 Å². The SMILES string of the molecule is CCCCCOc1cc(OCCCCC)c(PC(=O)c2c(C)cccc2Cl)c(OCCCCC)c1.[Li]. The molecule has 0 saturated carbocycles. The van der Waals surface area contributed by atoms with E-state index in [2.05, 4.69) is 20.8 Å². The summed E-state index contributed by atoms with van der Waals surface area (Å²) in [4.78, 5) is 13.4. The third-order valence-electron chi connectivity index (χ3n) is 5.75. The van der Waals surface area contributed by atoms with Crippen LogP contribution in [0.5, 0.6) is 17.2 Å². The second-order valence-electron chi connectivity index (χ2n) is 8.85. The van der Waals surface area contributed by atoms with Crippen molar-refractivity contribution in [2.45, 2.75) is 85.5 Å². The van der Waals surface area contributed by atoms with Gasteiger partial charge in [0.15, 0.2) is 5.52 Å². The van der Waals surface area contributed by atoms with Crippen LogP contribution in [0.1, 0.15) is 94.5 Å². The van der Waals surface area contributed by atoms with Crippen LogP contribution >= 0.6 is 20.2 Å². The molecule has 0 saturated heterocycles. The van der Waals surface area contributed by atoms with Crippen molar-refractivity contribution < 1.29 is 19.0 Å². The van der Waals surface area contributed by atoms with Crippen molar-refractivity contribution in [3.05, 3.63) is 46.5 Å². The van der Waals surface area contributed by atoms with Gasteiger partial charge in [-0.1, -0.05) is 83.0 Å². The molecule has 0 spiro atoms. The average molecular weight is 528 g/mol. The molecule has 0 aliphatic rings. The van der Waals surface area contributed by atoms with Gasteiger partial charge in [-0.15, -0.1) is 0 Å². The fourth-order valence-corrected chi connectivity index (χ4v) is 5.31. The maximum absolute atomic E-state index is 13.4. The number of carbonyl (C=O) groups excluding carboxylic acids is 1. The Hall–Kier alpha value is -1.17. The average Bonchev–Trinajstić information content (AvgIpc) is 2.84. The number of halogens is 1. The third-order valence-corrected chi connectivity index (χ3v) is 7.29. The van der Waals surface area contributed by atoms with E-state index in [1.807, 2.05) is 31.2 Å². The number of ether oxygens (including phenoxy) is 3. The first kappa shape index (κ1) is 32.9. The summed E-state index contributed by atoms with van der Waals surface area (Å²) in [6, 6.07) is 9.40. The quantitative estimate of drug-likeness (QED) is 0.111. The Kier molecular flexibility index (Phi) is 17.3. The summed E-state index contributed by atoms with van der Waals surface area (Å²) in [6.45, 7) is 10.3. The summed E-state index contributed by atoms with van der Waals surface area (Å²) in [7, 11) is -0.160. The molecule has 1 unspecified atom stereocenters. The zero-order chi connectivity index (χ0) is 25.5. The van der Waals surface area contributed by atoms with E-state index in [1.165, 1.54) is 0 Å². The molecule has 0 aliphatic heterocycles. The Bertz CT molecular complexity index is 869. The number of unbranched alkanes of at least 4 members (excludes halogenated alkanes) is 6. The van der Waals surface area contributed by atoms with Crippen molar-refractivity contribution in [3.8, 4) is 17.2 Å². The van der Waals surface area contributed by atoms with Gasteiger partial charge in [-0.05, 0) is 46.4 Å². The fourth-order valence-electron chi connectivity index (χ4n) is 3.71. The van der Waals surface area contributed by atoms with E-state index in [9.17, 15) is 4.79 Å². The molecule has 7 heteroatoms. The zero-order valence-corrected chi connectivity index (χ0v) is 24.6. The molecule has 2 rings (SSSR count). The van der Waals surface area contributed by atoms with Crippen LogP contribution in [0.15, 0.2) is 30.3 Å². The summed E-state index contributed by atoms with van der Waals surface area (Å²) in [6.07, 6.45) is 9.64. The zero-order valence-electron chi connectivity index (χ0n) is 22.9. The van der Waals surface area contributed by atoms with E-state index in [-0.39, 0.29) is 33.0 Å². The van der Waals surface area contributed by atoms with Crippen molar-refractivity contribution in [1.82, 2.24) is 0 Å². The van der Waals surface area contributed by atoms with E-state index >= 15 is 0 Å². The molecule has 0 aliphatic carbocycles. The van der Waals surface area contributed by atoms with Crippen LogP contribution in [0.4, 0.5) is 0 Å². The van der Waals surface area contributed by atoms with E-state index < -0.39 is 0 Å². The molecule has 2 aromatic carbocycles. The van der Waals surface area contributed by atoms with Crippen LogP contribution in [0, 0.1) is 6.92 Å². The molecule has 0 bridgehead atoms. The monoisotopic (exact) mass is 527 g/mol. The Labute approximate surface area is 237 Å². The van der Waals surface area contributed by atoms with Gasteiger partial charge >= 0.3 is 0 Å². The second kappa shape index (κ2) is 19.0.